The molecule has 172 valence electrons. The fourth-order valence-corrected chi connectivity index (χ4v) is 6.27. The summed E-state index contributed by atoms with van der Waals surface area (Å²) in [6.45, 7) is 2.00. The van der Waals surface area contributed by atoms with E-state index in [0.29, 0.717) is 21.8 Å². The number of sulfonamides is 1. The minimum Gasteiger partial charge on any atom is -0.462 e. The van der Waals surface area contributed by atoms with Crippen molar-refractivity contribution in [3.8, 4) is 0 Å². The molecule has 33 heavy (non-hydrogen) atoms. The maximum Gasteiger partial charge on any atom is 0.341 e. The standard InChI is InChI=1S/C24H24N2O5S2/c1-3-31-24(28)21-19-10-7-11-20(19)32-23(21)25-22(27)16-12-14-18(15-13-16)33(29,30)26(2)17-8-5-4-6-9-17/h4-6,8-9,12-15H,3,7,10-11H2,1-2H3,(H,25,27). The van der Waals surface area contributed by atoms with Gasteiger partial charge < -0.3 is 10.1 Å². The van der Waals surface area contributed by atoms with E-state index in [0.717, 1.165) is 29.7 Å². The molecule has 0 aliphatic heterocycles. The van der Waals surface area contributed by atoms with Crippen LogP contribution in [0.4, 0.5) is 10.7 Å². The molecule has 1 N–H and O–H groups in total. The Labute approximate surface area is 197 Å². The zero-order valence-electron chi connectivity index (χ0n) is 18.3. The van der Waals surface area contributed by atoms with Crippen molar-refractivity contribution < 1.29 is 22.7 Å². The van der Waals surface area contributed by atoms with E-state index in [1.807, 2.05) is 6.07 Å². The number of carbonyl (C=O) groups is 2. The number of para-hydroxylation sites is 1. The summed E-state index contributed by atoms with van der Waals surface area (Å²) in [5, 5.41) is 3.30. The van der Waals surface area contributed by atoms with Gasteiger partial charge in [-0.2, -0.15) is 0 Å². The number of ether oxygens (including phenoxy) is 1. The molecule has 1 aliphatic carbocycles. The number of anilines is 2. The lowest BCUT2D eigenvalue weighted by Crippen LogP contribution is -2.26. The number of nitrogens with zero attached hydrogens (tertiary/aromatic N) is 1. The SMILES string of the molecule is CCOC(=O)c1c(NC(=O)c2ccc(S(=O)(=O)N(C)c3ccccc3)cc2)sc2c1CCC2. The highest BCUT2D eigenvalue weighted by Gasteiger charge is 2.28. The van der Waals surface area contributed by atoms with Crippen LogP contribution in [0.1, 0.15) is 44.5 Å². The Bertz CT molecular complexity index is 1280. The van der Waals surface area contributed by atoms with E-state index in [9.17, 15) is 18.0 Å². The lowest BCUT2D eigenvalue weighted by Gasteiger charge is -2.19. The monoisotopic (exact) mass is 484 g/mol. The van der Waals surface area contributed by atoms with Gasteiger partial charge in [0.15, 0.2) is 0 Å². The number of carbonyl (C=O) groups excluding carboxylic acids is 2. The molecule has 7 nitrogen and oxygen atoms in total. The second-order valence-corrected chi connectivity index (χ2v) is 10.6. The Morgan fingerprint density at radius 3 is 2.42 bits per heavy atom. The zero-order chi connectivity index (χ0) is 23.6. The number of hydrogen-bond acceptors (Lipinski definition) is 6. The van der Waals surface area contributed by atoms with Gasteiger partial charge in [0, 0.05) is 17.5 Å². The summed E-state index contributed by atoms with van der Waals surface area (Å²) >= 11 is 1.40. The fraction of sp³-hybridized carbons (Fsp3) is 0.250. The number of benzene rings is 2. The predicted octanol–water partition coefficient (Wildman–Crippen LogP) is 4.49. The van der Waals surface area contributed by atoms with Crippen molar-refractivity contribution in [3.63, 3.8) is 0 Å². The van der Waals surface area contributed by atoms with Gasteiger partial charge in [-0.25, -0.2) is 13.2 Å². The first-order chi connectivity index (χ1) is 15.8. The number of aryl methyl sites for hydroxylation is 1. The van der Waals surface area contributed by atoms with E-state index >= 15 is 0 Å². The number of esters is 1. The van der Waals surface area contributed by atoms with Gasteiger partial charge in [-0.05, 0) is 68.1 Å². The third kappa shape index (κ3) is 4.51. The Balaban J connectivity index is 1.55. The number of thiophene rings is 1. The van der Waals surface area contributed by atoms with Crippen molar-refractivity contribution in [1.29, 1.82) is 0 Å². The molecule has 3 aromatic rings. The molecule has 1 aromatic heterocycles. The fourth-order valence-electron chi connectivity index (χ4n) is 3.80. The van der Waals surface area contributed by atoms with Gasteiger partial charge in [0.2, 0.25) is 0 Å². The van der Waals surface area contributed by atoms with Crippen LogP contribution in [0.25, 0.3) is 0 Å². The number of fused-ring (bicyclic) bond motifs is 1. The van der Waals surface area contributed by atoms with Gasteiger partial charge in [0.25, 0.3) is 15.9 Å². The van der Waals surface area contributed by atoms with Crippen LogP contribution in [0.3, 0.4) is 0 Å². The van der Waals surface area contributed by atoms with Crippen molar-refractivity contribution in [3.05, 3.63) is 76.2 Å². The number of nitrogens with one attached hydrogen (secondary N) is 1. The summed E-state index contributed by atoms with van der Waals surface area (Å²) in [6.07, 6.45) is 2.65. The molecule has 0 fully saturated rings. The van der Waals surface area contributed by atoms with Crippen LogP contribution >= 0.6 is 11.3 Å². The molecule has 0 saturated carbocycles. The topological polar surface area (TPSA) is 92.8 Å². The second kappa shape index (κ2) is 9.36. The van der Waals surface area contributed by atoms with Crippen molar-refractivity contribution in [2.75, 3.05) is 23.3 Å². The van der Waals surface area contributed by atoms with Crippen LogP contribution in [0.2, 0.25) is 0 Å². The summed E-state index contributed by atoms with van der Waals surface area (Å²) in [5.41, 5.74) is 2.22. The lowest BCUT2D eigenvalue weighted by molar-refractivity contribution is 0.0527. The van der Waals surface area contributed by atoms with E-state index in [1.54, 1.807) is 31.2 Å². The summed E-state index contributed by atoms with van der Waals surface area (Å²) in [5.74, 6) is -0.849. The maximum absolute atomic E-state index is 12.9. The van der Waals surface area contributed by atoms with Crippen LogP contribution in [-0.2, 0) is 27.6 Å². The van der Waals surface area contributed by atoms with Crippen LogP contribution in [0.15, 0.2) is 59.5 Å². The first kappa shape index (κ1) is 23.0. The molecule has 0 atom stereocenters. The third-order valence-electron chi connectivity index (χ3n) is 5.52. The Morgan fingerprint density at radius 1 is 1.06 bits per heavy atom. The molecule has 2 aromatic carbocycles. The molecule has 1 amide bonds. The number of rotatable bonds is 7. The molecule has 0 bridgehead atoms. The molecule has 9 heteroatoms. The molecular formula is C24H24N2O5S2. The molecule has 4 rings (SSSR count). The smallest absolute Gasteiger partial charge is 0.341 e. The largest absolute Gasteiger partial charge is 0.462 e. The van der Waals surface area contributed by atoms with Crippen LogP contribution in [0.5, 0.6) is 0 Å². The Hall–Kier alpha value is -3.17. The van der Waals surface area contributed by atoms with Gasteiger partial charge in [0.05, 0.1) is 22.8 Å². The Kier molecular flexibility index (Phi) is 6.53. The van der Waals surface area contributed by atoms with Crippen molar-refractivity contribution in [2.45, 2.75) is 31.1 Å². The first-order valence-corrected chi connectivity index (χ1v) is 12.9. The van der Waals surface area contributed by atoms with Crippen LogP contribution in [0, 0.1) is 0 Å². The van der Waals surface area contributed by atoms with Crippen molar-refractivity contribution in [2.24, 2.45) is 0 Å². The maximum atomic E-state index is 12.9. The normalized spacial score (nSPS) is 12.8. The average Bonchev–Trinajstić information content (AvgIpc) is 3.40. The van der Waals surface area contributed by atoms with Gasteiger partial charge in [-0.15, -0.1) is 11.3 Å². The van der Waals surface area contributed by atoms with Gasteiger partial charge in [-0.3, -0.25) is 9.10 Å². The first-order valence-electron chi connectivity index (χ1n) is 10.6. The predicted molar refractivity (Wildman–Crippen MR) is 129 cm³/mol. The molecule has 0 saturated heterocycles. The van der Waals surface area contributed by atoms with Crippen LogP contribution < -0.4 is 9.62 Å². The number of amides is 1. The van der Waals surface area contributed by atoms with Gasteiger partial charge in [-0.1, -0.05) is 18.2 Å². The quantitative estimate of drug-likeness (QED) is 0.499. The van der Waals surface area contributed by atoms with E-state index in [-0.39, 0.29) is 11.5 Å². The van der Waals surface area contributed by atoms with E-state index in [2.05, 4.69) is 5.32 Å². The minimum atomic E-state index is -3.77. The summed E-state index contributed by atoms with van der Waals surface area (Å²) < 4.78 is 32.3. The molecule has 0 spiro atoms. The second-order valence-electron chi connectivity index (χ2n) is 7.57. The lowest BCUT2D eigenvalue weighted by atomic mass is 10.1. The third-order valence-corrected chi connectivity index (χ3v) is 8.53. The van der Waals surface area contributed by atoms with Crippen molar-refractivity contribution in [1.82, 2.24) is 0 Å². The average molecular weight is 485 g/mol. The van der Waals surface area contributed by atoms with E-state index in [4.69, 9.17) is 4.74 Å². The molecule has 0 unspecified atom stereocenters. The van der Waals surface area contributed by atoms with Gasteiger partial charge in [0.1, 0.15) is 5.00 Å². The highest BCUT2D eigenvalue weighted by Crippen LogP contribution is 2.39. The van der Waals surface area contributed by atoms with Crippen LogP contribution in [-0.4, -0.2) is 33.9 Å². The highest BCUT2D eigenvalue weighted by molar-refractivity contribution is 7.92. The zero-order valence-corrected chi connectivity index (χ0v) is 20.0. The number of hydrogen-bond donors (Lipinski definition) is 1. The summed E-state index contributed by atoms with van der Waals surface area (Å²) in [6, 6.07) is 14.5. The van der Waals surface area contributed by atoms with E-state index < -0.39 is 21.9 Å². The molecule has 0 radical (unpaired) electrons. The van der Waals surface area contributed by atoms with Crippen molar-refractivity contribution >= 4 is 43.9 Å². The summed E-state index contributed by atoms with van der Waals surface area (Å²) in [4.78, 5) is 26.5. The molecular weight excluding hydrogens is 460 g/mol. The minimum absolute atomic E-state index is 0.0766. The van der Waals surface area contributed by atoms with E-state index in [1.165, 1.54) is 47.0 Å². The van der Waals surface area contributed by atoms with Gasteiger partial charge >= 0.3 is 5.97 Å². The molecule has 1 heterocycles. The summed E-state index contributed by atoms with van der Waals surface area (Å²) in [7, 11) is -2.29. The molecule has 1 aliphatic rings. The highest BCUT2D eigenvalue weighted by atomic mass is 32.2. The Morgan fingerprint density at radius 2 is 1.76 bits per heavy atom.